The minimum atomic E-state index is 0.254. The van der Waals surface area contributed by atoms with Crippen molar-refractivity contribution >= 4 is 6.29 Å². The van der Waals surface area contributed by atoms with Crippen LogP contribution in [0.4, 0.5) is 0 Å². The zero-order chi connectivity index (χ0) is 7.56. The largest absolute Gasteiger partial charge is 0.381 e. The van der Waals surface area contributed by atoms with Gasteiger partial charge in [0.2, 0.25) is 0 Å². The zero-order valence-corrected chi connectivity index (χ0v) is 6.54. The highest BCUT2D eigenvalue weighted by molar-refractivity contribution is 5.55. The second kappa shape index (κ2) is 3.15. The van der Waals surface area contributed by atoms with Gasteiger partial charge in [0.25, 0.3) is 0 Å². The first-order valence-electron chi connectivity index (χ1n) is 3.77. The Balaban J connectivity index is 2.34. The van der Waals surface area contributed by atoms with Crippen LogP contribution in [0.2, 0.25) is 0 Å². The minimum absolute atomic E-state index is 0.254. The molecule has 1 aliphatic carbocycles. The minimum Gasteiger partial charge on any atom is -0.381 e. The average Bonchev–Trinajstić information content (AvgIpc) is 1.86. The second-order valence-corrected chi connectivity index (χ2v) is 2.98. The SMILES string of the molecule is CO[C@H](C)[C@H]1CC[C@@H]1C=O. The van der Waals surface area contributed by atoms with Crippen LogP contribution in [0.15, 0.2) is 0 Å². The summed E-state index contributed by atoms with van der Waals surface area (Å²) in [5.41, 5.74) is 0. The zero-order valence-electron chi connectivity index (χ0n) is 6.54. The van der Waals surface area contributed by atoms with Gasteiger partial charge in [-0.2, -0.15) is 0 Å². The molecule has 1 saturated carbocycles. The summed E-state index contributed by atoms with van der Waals surface area (Å²) < 4.78 is 5.13. The molecule has 0 aromatic rings. The number of methoxy groups -OCH3 is 1. The first-order valence-corrected chi connectivity index (χ1v) is 3.77. The van der Waals surface area contributed by atoms with E-state index in [1.807, 2.05) is 6.92 Å². The molecule has 0 aliphatic heterocycles. The third kappa shape index (κ3) is 1.21. The van der Waals surface area contributed by atoms with Gasteiger partial charge in [0.15, 0.2) is 0 Å². The van der Waals surface area contributed by atoms with E-state index in [2.05, 4.69) is 0 Å². The van der Waals surface area contributed by atoms with Gasteiger partial charge >= 0.3 is 0 Å². The van der Waals surface area contributed by atoms with Crippen LogP contribution in [0, 0.1) is 11.8 Å². The van der Waals surface area contributed by atoms with E-state index in [-0.39, 0.29) is 12.0 Å². The van der Waals surface area contributed by atoms with Crippen molar-refractivity contribution in [3.05, 3.63) is 0 Å². The summed E-state index contributed by atoms with van der Waals surface area (Å²) in [6.45, 7) is 2.03. The second-order valence-electron chi connectivity index (χ2n) is 2.98. The van der Waals surface area contributed by atoms with Gasteiger partial charge < -0.3 is 9.53 Å². The average molecular weight is 142 g/mol. The Morgan fingerprint density at radius 1 is 1.60 bits per heavy atom. The molecule has 10 heavy (non-hydrogen) atoms. The molecule has 2 nitrogen and oxygen atoms in total. The van der Waals surface area contributed by atoms with Crippen LogP contribution in [0.25, 0.3) is 0 Å². The van der Waals surface area contributed by atoms with Crippen molar-refractivity contribution in [2.45, 2.75) is 25.9 Å². The molecule has 0 unspecified atom stereocenters. The smallest absolute Gasteiger partial charge is 0.123 e. The van der Waals surface area contributed by atoms with Crippen LogP contribution in [-0.2, 0) is 9.53 Å². The maximum atomic E-state index is 10.4. The first-order chi connectivity index (χ1) is 4.79. The number of hydrogen-bond acceptors (Lipinski definition) is 2. The molecule has 0 spiro atoms. The molecule has 3 atom stereocenters. The van der Waals surface area contributed by atoms with E-state index in [1.165, 1.54) is 0 Å². The Labute approximate surface area is 61.6 Å². The summed E-state index contributed by atoms with van der Waals surface area (Å²) in [7, 11) is 1.70. The molecule has 0 amide bonds. The van der Waals surface area contributed by atoms with E-state index in [1.54, 1.807) is 7.11 Å². The molecule has 0 aromatic carbocycles. The van der Waals surface area contributed by atoms with Crippen LogP contribution in [-0.4, -0.2) is 19.5 Å². The Hall–Kier alpha value is -0.370. The molecule has 1 rings (SSSR count). The van der Waals surface area contributed by atoms with Crippen molar-refractivity contribution in [1.82, 2.24) is 0 Å². The topological polar surface area (TPSA) is 26.3 Å². The monoisotopic (exact) mass is 142 g/mol. The van der Waals surface area contributed by atoms with Crippen molar-refractivity contribution in [2.75, 3.05) is 7.11 Å². The maximum absolute atomic E-state index is 10.4. The van der Waals surface area contributed by atoms with E-state index in [4.69, 9.17) is 4.74 Å². The lowest BCUT2D eigenvalue weighted by molar-refractivity contribution is -0.119. The van der Waals surface area contributed by atoms with Crippen molar-refractivity contribution < 1.29 is 9.53 Å². The Morgan fingerprint density at radius 2 is 2.30 bits per heavy atom. The summed E-state index contributed by atoms with van der Waals surface area (Å²) in [6.07, 6.45) is 3.52. The lowest BCUT2D eigenvalue weighted by Crippen LogP contribution is -2.36. The highest BCUT2D eigenvalue weighted by atomic mass is 16.5. The van der Waals surface area contributed by atoms with Crippen LogP contribution in [0.5, 0.6) is 0 Å². The molecule has 0 saturated heterocycles. The van der Waals surface area contributed by atoms with Gasteiger partial charge in [0, 0.05) is 13.0 Å². The van der Waals surface area contributed by atoms with E-state index in [0.29, 0.717) is 5.92 Å². The molecule has 0 heterocycles. The number of aldehydes is 1. The summed E-state index contributed by atoms with van der Waals surface area (Å²) >= 11 is 0. The van der Waals surface area contributed by atoms with Gasteiger partial charge in [-0.25, -0.2) is 0 Å². The van der Waals surface area contributed by atoms with Crippen LogP contribution in [0.3, 0.4) is 0 Å². The molecule has 58 valence electrons. The van der Waals surface area contributed by atoms with Crippen LogP contribution >= 0.6 is 0 Å². The summed E-state index contributed by atoms with van der Waals surface area (Å²) in [5, 5.41) is 0. The van der Waals surface area contributed by atoms with Gasteiger partial charge in [-0.05, 0) is 25.7 Å². The van der Waals surface area contributed by atoms with Gasteiger partial charge in [-0.15, -0.1) is 0 Å². The van der Waals surface area contributed by atoms with Crippen LogP contribution < -0.4 is 0 Å². The number of ether oxygens (including phenoxy) is 1. The predicted octanol–water partition coefficient (Wildman–Crippen LogP) is 1.25. The van der Waals surface area contributed by atoms with Gasteiger partial charge in [0.05, 0.1) is 6.10 Å². The van der Waals surface area contributed by atoms with Crippen molar-refractivity contribution in [3.8, 4) is 0 Å². The molecule has 0 radical (unpaired) electrons. The van der Waals surface area contributed by atoms with E-state index in [9.17, 15) is 4.79 Å². The van der Waals surface area contributed by atoms with Gasteiger partial charge in [0.1, 0.15) is 6.29 Å². The Morgan fingerprint density at radius 3 is 2.60 bits per heavy atom. The van der Waals surface area contributed by atoms with E-state index < -0.39 is 0 Å². The summed E-state index contributed by atoms with van der Waals surface area (Å²) in [4.78, 5) is 10.4. The van der Waals surface area contributed by atoms with Gasteiger partial charge in [-0.1, -0.05) is 0 Å². The third-order valence-electron chi connectivity index (χ3n) is 2.53. The fourth-order valence-corrected chi connectivity index (χ4v) is 1.48. The Bertz CT molecular complexity index is 122. The Kier molecular flexibility index (Phi) is 2.44. The number of carbonyl (C=O) groups excluding carboxylic acids is 1. The highest BCUT2D eigenvalue weighted by Gasteiger charge is 2.34. The van der Waals surface area contributed by atoms with Gasteiger partial charge in [-0.3, -0.25) is 0 Å². The van der Waals surface area contributed by atoms with E-state index >= 15 is 0 Å². The quantitative estimate of drug-likeness (QED) is 0.554. The standard InChI is InChI=1S/C8H14O2/c1-6(10-2)8-4-3-7(8)5-9/h5-8H,3-4H2,1-2H3/t6-,7-,8-/m1/s1. The van der Waals surface area contributed by atoms with E-state index in [0.717, 1.165) is 19.1 Å². The normalized spacial score (nSPS) is 34.6. The van der Waals surface area contributed by atoms with Crippen LogP contribution in [0.1, 0.15) is 19.8 Å². The number of rotatable bonds is 3. The fraction of sp³-hybridized carbons (Fsp3) is 0.875. The fourth-order valence-electron chi connectivity index (χ4n) is 1.48. The molecular formula is C8H14O2. The predicted molar refractivity (Wildman–Crippen MR) is 38.7 cm³/mol. The molecule has 1 fully saturated rings. The van der Waals surface area contributed by atoms with Crippen molar-refractivity contribution in [3.63, 3.8) is 0 Å². The van der Waals surface area contributed by atoms with Crippen molar-refractivity contribution in [2.24, 2.45) is 11.8 Å². The lowest BCUT2D eigenvalue weighted by atomic mass is 9.72. The summed E-state index contributed by atoms with van der Waals surface area (Å²) in [5.74, 6) is 0.762. The molecule has 0 aromatic heterocycles. The molecule has 1 aliphatic rings. The first kappa shape index (κ1) is 7.73. The molecular weight excluding hydrogens is 128 g/mol. The lowest BCUT2D eigenvalue weighted by Gasteiger charge is -2.36. The third-order valence-corrected chi connectivity index (χ3v) is 2.53. The number of hydrogen-bond donors (Lipinski definition) is 0. The molecule has 2 heteroatoms. The maximum Gasteiger partial charge on any atom is 0.123 e. The molecule has 0 bridgehead atoms. The molecule has 0 N–H and O–H groups in total. The number of carbonyl (C=O) groups is 1. The highest BCUT2D eigenvalue weighted by Crippen LogP contribution is 2.35. The van der Waals surface area contributed by atoms with Crippen molar-refractivity contribution in [1.29, 1.82) is 0 Å². The summed E-state index contributed by atoms with van der Waals surface area (Å²) in [6, 6.07) is 0.